The number of hydrogen-bond donors (Lipinski definition) is 1. The van der Waals surface area contributed by atoms with Crippen molar-refractivity contribution in [3.63, 3.8) is 0 Å². The van der Waals surface area contributed by atoms with E-state index in [1.807, 2.05) is 19.1 Å². The first-order valence-corrected chi connectivity index (χ1v) is 10.9. The van der Waals surface area contributed by atoms with Crippen molar-refractivity contribution in [1.29, 1.82) is 0 Å². The summed E-state index contributed by atoms with van der Waals surface area (Å²) in [4.78, 5) is 14.2. The van der Waals surface area contributed by atoms with Crippen LogP contribution in [0.15, 0.2) is 41.3 Å². The minimum atomic E-state index is -3.73. The molecule has 0 spiro atoms. The summed E-state index contributed by atoms with van der Waals surface area (Å²) in [7, 11) is -3.73. The number of amides is 1. The highest BCUT2D eigenvalue weighted by atomic mass is 32.2. The number of benzene rings is 2. The minimum Gasteiger partial charge on any atom is -0.484 e. The van der Waals surface area contributed by atoms with Crippen LogP contribution in [0.5, 0.6) is 5.75 Å². The molecule has 1 fully saturated rings. The standard InChI is InChI=1S/C21H26N2O4S/c1-15-11-16(2)21(17(3)12-15)28(25,26)22-18-7-6-8-19(13-18)27-14-20(24)23-9-4-5-10-23/h6-8,11-13,22H,4-5,9-10,14H2,1-3H3. The summed E-state index contributed by atoms with van der Waals surface area (Å²) in [6.45, 7) is 7.02. The summed E-state index contributed by atoms with van der Waals surface area (Å²) >= 11 is 0. The number of nitrogens with one attached hydrogen (secondary N) is 1. The molecule has 0 bridgehead atoms. The number of rotatable bonds is 6. The maximum Gasteiger partial charge on any atom is 0.262 e. The number of likely N-dealkylation sites (tertiary alicyclic amines) is 1. The lowest BCUT2D eigenvalue weighted by Gasteiger charge is -2.16. The molecule has 6 nitrogen and oxygen atoms in total. The third kappa shape index (κ3) is 4.65. The Morgan fingerprint density at radius 3 is 2.36 bits per heavy atom. The van der Waals surface area contributed by atoms with E-state index in [0.29, 0.717) is 22.6 Å². The van der Waals surface area contributed by atoms with Gasteiger partial charge in [-0.2, -0.15) is 0 Å². The van der Waals surface area contributed by atoms with Crippen molar-refractivity contribution >= 4 is 21.6 Å². The zero-order chi connectivity index (χ0) is 20.3. The van der Waals surface area contributed by atoms with Crippen LogP contribution in [0.1, 0.15) is 29.5 Å². The van der Waals surface area contributed by atoms with Crippen LogP contribution in [0.2, 0.25) is 0 Å². The van der Waals surface area contributed by atoms with Gasteiger partial charge < -0.3 is 9.64 Å². The van der Waals surface area contributed by atoms with Gasteiger partial charge in [0.15, 0.2) is 6.61 Å². The van der Waals surface area contributed by atoms with Gasteiger partial charge in [-0.1, -0.05) is 23.8 Å². The monoisotopic (exact) mass is 402 g/mol. The predicted molar refractivity (Wildman–Crippen MR) is 109 cm³/mol. The normalized spacial score (nSPS) is 14.2. The van der Waals surface area contributed by atoms with E-state index in [2.05, 4.69) is 4.72 Å². The van der Waals surface area contributed by atoms with Crippen molar-refractivity contribution in [1.82, 2.24) is 4.90 Å². The van der Waals surface area contributed by atoms with Gasteiger partial charge in [0.2, 0.25) is 0 Å². The molecular formula is C21H26N2O4S. The second kappa shape index (κ2) is 8.22. The largest absolute Gasteiger partial charge is 0.484 e. The van der Waals surface area contributed by atoms with E-state index in [9.17, 15) is 13.2 Å². The third-order valence-electron chi connectivity index (χ3n) is 4.78. The Morgan fingerprint density at radius 1 is 1.07 bits per heavy atom. The number of hydrogen-bond acceptors (Lipinski definition) is 4. The van der Waals surface area contributed by atoms with E-state index in [0.717, 1.165) is 31.5 Å². The van der Waals surface area contributed by atoms with Crippen LogP contribution in [0, 0.1) is 20.8 Å². The van der Waals surface area contributed by atoms with Crippen molar-refractivity contribution in [3.05, 3.63) is 53.1 Å². The van der Waals surface area contributed by atoms with Crippen LogP contribution < -0.4 is 9.46 Å². The number of carbonyl (C=O) groups is 1. The number of nitrogens with zero attached hydrogens (tertiary/aromatic N) is 1. The molecule has 2 aromatic carbocycles. The fourth-order valence-electron chi connectivity index (χ4n) is 3.65. The van der Waals surface area contributed by atoms with Gasteiger partial charge in [-0.15, -0.1) is 0 Å². The lowest BCUT2D eigenvalue weighted by molar-refractivity contribution is -0.132. The molecule has 28 heavy (non-hydrogen) atoms. The van der Waals surface area contributed by atoms with Crippen LogP contribution in [-0.4, -0.2) is 38.9 Å². The highest BCUT2D eigenvalue weighted by Crippen LogP contribution is 2.26. The number of ether oxygens (including phenoxy) is 1. The summed E-state index contributed by atoms with van der Waals surface area (Å²) < 4.78 is 34.0. The van der Waals surface area contributed by atoms with Crippen LogP contribution in [0.25, 0.3) is 0 Å². The number of aryl methyl sites for hydroxylation is 3. The van der Waals surface area contributed by atoms with E-state index >= 15 is 0 Å². The second-order valence-corrected chi connectivity index (χ2v) is 8.86. The van der Waals surface area contributed by atoms with E-state index in [4.69, 9.17) is 4.74 Å². The first-order valence-electron chi connectivity index (χ1n) is 9.37. The lowest BCUT2D eigenvalue weighted by Crippen LogP contribution is -2.32. The van der Waals surface area contributed by atoms with E-state index < -0.39 is 10.0 Å². The summed E-state index contributed by atoms with van der Waals surface area (Å²) in [6, 6.07) is 10.4. The highest BCUT2D eigenvalue weighted by molar-refractivity contribution is 7.92. The maximum atomic E-state index is 12.9. The molecule has 1 aliphatic heterocycles. The molecular weight excluding hydrogens is 376 g/mol. The molecule has 1 saturated heterocycles. The molecule has 0 aromatic heterocycles. The minimum absolute atomic E-state index is 0.0469. The molecule has 0 radical (unpaired) electrons. The quantitative estimate of drug-likeness (QED) is 0.803. The Labute approximate surface area is 166 Å². The Kier molecular flexibility index (Phi) is 5.93. The van der Waals surface area contributed by atoms with Gasteiger partial charge in [-0.05, 0) is 56.9 Å². The zero-order valence-corrected chi connectivity index (χ0v) is 17.3. The fraction of sp³-hybridized carbons (Fsp3) is 0.381. The molecule has 7 heteroatoms. The average molecular weight is 403 g/mol. The van der Waals surface area contributed by atoms with Crippen LogP contribution >= 0.6 is 0 Å². The Balaban J connectivity index is 1.72. The topological polar surface area (TPSA) is 75.7 Å². The fourth-order valence-corrected chi connectivity index (χ4v) is 5.15. The van der Waals surface area contributed by atoms with Crippen LogP contribution in [0.4, 0.5) is 5.69 Å². The van der Waals surface area contributed by atoms with E-state index in [-0.39, 0.29) is 17.4 Å². The van der Waals surface area contributed by atoms with Crippen molar-refractivity contribution in [2.45, 2.75) is 38.5 Å². The van der Waals surface area contributed by atoms with Crippen molar-refractivity contribution in [2.24, 2.45) is 0 Å². The predicted octanol–water partition coefficient (Wildman–Crippen LogP) is 3.41. The van der Waals surface area contributed by atoms with Gasteiger partial charge in [-0.25, -0.2) is 8.42 Å². The summed E-state index contributed by atoms with van der Waals surface area (Å²) in [5.74, 6) is 0.402. The molecule has 1 amide bonds. The SMILES string of the molecule is Cc1cc(C)c(S(=O)(=O)Nc2cccc(OCC(=O)N3CCCC3)c2)c(C)c1. The van der Waals surface area contributed by atoms with Crippen LogP contribution in [0.3, 0.4) is 0 Å². The van der Waals surface area contributed by atoms with Gasteiger partial charge in [-0.3, -0.25) is 9.52 Å². The molecule has 1 heterocycles. The van der Waals surface area contributed by atoms with Gasteiger partial charge in [0, 0.05) is 19.2 Å². The first kappa shape index (κ1) is 20.2. The summed E-state index contributed by atoms with van der Waals surface area (Å²) in [6.07, 6.45) is 2.06. The number of carbonyl (C=O) groups excluding carboxylic acids is 1. The van der Waals surface area contributed by atoms with Gasteiger partial charge in [0.05, 0.1) is 10.6 Å². The highest BCUT2D eigenvalue weighted by Gasteiger charge is 2.21. The molecule has 0 atom stereocenters. The molecule has 0 unspecified atom stereocenters. The Morgan fingerprint density at radius 2 is 1.71 bits per heavy atom. The van der Waals surface area contributed by atoms with Gasteiger partial charge in [0.25, 0.3) is 15.9 Å². The second-order valence-electron chi connectivity index (χ2n) is 7.24. The van der Waals surface area contributed by atoms with Gasteiger partial charge >= 0.3 is 0 Å². The van der Waals surface area contributed by atoms with E-state index in [1.165, 1.54) is 0 Å². The average Bonchev–Trinajstić information content (AvgIpc) is 3.13. The molecule has 1 N–H and O–H groups in total. The first-order chi connectivity index (χ1) is 13.3. The molecule has 150 valence electrons. The molecule has 3 rings (SSSR count). The lowest BCUT2D eigenvalue weighted by atomic mass is 10.1. The van der Waals surface area contributed by atoms with Crippen molar-refractivity contribution in [3.8, 4) is 5.75 Å². The van der Waals surface area contributed by atoms with E-state index in [1.54, 1.807) is 43.0 Å². The van der Waals surface area contributed by atoms with Crippen LogP contribution in [-0.2, 0) is 14.8 Å². The summed E-state index contributed by atoms with van der Waals surface area (Å²) in [5.41, 5.74) is 2.82. The third-order valence-corrected chi connectivity index (χ3v) is 6.47. The zero-order valence-electron chi connectivity index (χ0n) is 16.5. The number of sulfonamides is 1. The summed E-state index contributed by atoms with van der Waals surface area (Å²) in [5, 5.41) is 0. The molecule has 0 saturated carbocycles. The molecule has 1 aliphatic rings. The van der Waals surface area contributed by atoms with Crippen molar-refractivity contribution in [2.75, 3.05) is 24.4 Å². The smallest absolute Gasteiger partial charge is 0.262 e. The Hall–Kier alpha value is -2.54. The maximum absolute atomic E-state index is 12.9. The molecule has 0 aliphatic carbocycles. The van der Waals surface area contributed by atoms with Crippen molar-refractivity contribution < 1.29 is 17.9 Å². The Bertz CT molecular complexity index is 957. The molecule has 2 aromatic rings. The number of anilines is 1. The van der Waals surface area contributed by atoms with Gasteiger partial charge in [0.1, 0.15) is 5.75 Å².